The third-order valence-electron chi connectivity index (χ3n) is 3.93. The first-order valence-electron chi connectivity index (χ1n) is 6.35. The van der Waals surface area contributed by atoms with Crippen molar-refractivity contribution in [2.24, 2.45) is 16.9 Å². The summed E-state index contributed by atoms with van der Waals surface area (Å²) in [6.45, 7) is 0. The molecular formula is C14H15BrN2O. The van der Waals surface area contributed by atoms with E-state index < -0.39 is 0 Å². The topological polar surface area (TPSA) is 41.5 Å². The predicted octanol–water partition coefficient (Wildman–Crippen LogP) is 3.35. The number of nitrogens with one attached hydrogen (secondary N) is 1. The molecule has 3 rings (SSSR count). The molecule has 2 atom stereocenters. The van der Waals surface area contributed by atoms with E-state index in [2.05, 4.69) is 26.5 Å². The van der Waals surface area contributed by atoms with Crippen molar-refractivity contribution in [2.45, 2.75) is 25.7 Å². The van der Waals surface area contributed by atoms with Gasteiger partial charge in [-0.05, 0) is 65.6 Å². The van der Waals surface area contributed by atoms with Crippen molar-refractivity contribution in [2.75, 3.05) is 0 Å². The number of hydrogen-bond acceptors (Lipinski definition) is 2. The maximum atomic E-state index is 12.0. The van der Waals surface area contributed by atoms with Gasteiger partial charge in [0.2, 0.25) is 0 Å². The summed E-state index contributed by atoms with van der Waals surface area (Å²) in [5.74, 6) is 1.29. The molecule has 94 valence electrons. The molecule has 1 aromatic carbocycles. The summed E-state index contributed by atoms with van der Waals surface area (Å²) in [5, 5.41) is 4.32. The highest BCUT2D eigenvalue weighted by atomic mass is 79.9. The number of hydrogen-bond donors (Lipinski definition) is 1. The van der Waals surface area contributed by atoms with Crippen LogP contribution in [0.5, 0.6) is 0 Å². The van der Waals surface area contributed by atoms with Crippen LogP contribution in [0.25, 0.3) is 0 Å². The highest BCUT2D eigenvalue weighted by Gasteiger charge is 2.36. The molecule has 0 spiro atoms. The van der Waals surface area contributed by atoms with Crippen LogP contribution in [-0.2, 0) is 0 Å². The second-order valence-electron chi connectivity index (χ2n) is 5.10. The minimum atomic E-state index is -0.141. The Morgan fingerprint density at radius 2 is 2.17 bits per heavy atom. The lowest BCUT2D eigenvalue weighted by Gasteiger charge is -2.11. The van der Waals surface area contributed by atoms with E-state index in [0.29, 0.717) is 11.5 Å². The number of amides is 1. The van der Waals surface area contributed by atoms with Gasteiger partial charge in [0.15, 0.2) is 0 Å². The van der Waals surface area contributed by atoms with Crippen LogP contribution in [0.3, 0.4) is 0 Å². The molecule has 3 nitrogen and oxygen atoms in total. The van der Waals surface area contributed by atoms with Crippen LogP contribution < -0.4 is 5.43 Å². The van der Waals surface area contributed by atoms with Crippen molar-refractivity contribution in [1.29, 1.82) is 0 Å². The smallest absolute Gasteiger partial charge is 0.267 e. The summed E-state index contributed by atoms with van der Waals surface area (Å²) in [6, 6.07) is 7.40. The van der Waals surface area contributed by atoms with E-state index in [1.54, 1.807) is 6.07 Å². The molecule has 2 bridgehead atoms. The first kappa shape index (κ1) is 11.9. The van der Waals surface area contributed by atoms with E-state index in [-0.39, 0.29) is 5.91 Å². The summed E-state index contributed by atoms with van der Waals surface area (Å²) in [4.78, 5) is 12.0. The molecular weight excluding hydrogens is 292 g/mol. The fraction of sp³-hybridized carbons (Fsp3) is 0.429. The Balaban J connectivity index is 1.69. The average molecular weight is 307 g/mol. The van der Waals surface area contributed by atoms with Crippen LogP contribution in [0.2, 0.25) is 0 Å². The van der Waals surface area contributed by atoms with Gasteiger partial charge in [-0.1, -0.05) is 12.1 Å². The van der Waals surface area contributed by atoms with Gasteiger partial charge in [-0.15, -0.1) is 0 Å². The molecule has 0 radical (unpaired) electrons. The Morgan fingerprint density at radius 1 is 1.33 bits per heavy atom. The summed E-state index contributed by atoms with van der Waals surface area (Å²) in [7, 11) is 0. The second kappa shape index (κ2) is 4.84. The zero-order valence-corrected chi connectivity index (χ0v) is 11.6. The zero-order chi connectivity index (χ0) is 12.5. The quantitative estimate of drug-likeness (QED) is 0.836. The second-order valence-corrected chi connectivity index (χ2v) is 5.96. The van der Waals surface area contributed by atoms with E-state index in [0.717, 1.165) is 16.8 Å². The van der Waals surface area contributed by atoms with E-state index in [4.69, 9.17) is 0 Å². The third kappa shape index (κ3) is 2.21. The highest BCUT2D eigenvalue weighted by molar-refractivity contribution is 9.10. The van der Waals surface area contributed by atoms with Crippen molar-refractivity contribution in [3.05, 3.63) is 34.3 Å². The van der Waals surface area contributed by atoms with Crippen LogP contribution in [0, 0.1) is 11.8 Å². The Kier molecular flexibility index (Phi) is 3.20. The number of fused-ring (bicyclic) bond motifs is 2. The lowest BCUT2D eigenvalue weighted by Crippen LogP contribution is -2.22. The molecule has 2 fully saturated rings. The molecule has 4 heteroatoms. The number of benzene rings is 1. The maximum Gasteiger partial charge on any atom is 0.272 e. The standard InChI is InChI=1S/C14H15BrN2O/c15-12-4-2-1-3-11(12)14(18)17-16-13-8-9-5-6-10(13)7-9/h1-4,9-10H,5-8H2,(H,17,18)/b16-13-/t9-,10+/m0/s1. The van der Waals surface area contributed by atoms with Crippen molar-refractivity contribution in [3.8, 4) is 0 Å². The van der Waals surface area contributed by atoms with Gasteiger partial charge in [0.25, 0.3) is 5.91 Å². The molecule has 0 saturated heterocycles. The summed E-state index contributed by atoms with van der Waals surface area (Å²) in [5.41, 5.74) is 4.50. The summed E-state index contributed by atoms with van der Waals surface area (Å²) in [6.07, 6.45) is 4.92. The number of carbonyl (C=O) groups is 1. The molecule has 1 amide bonds. The Morgan fingerprint density at radius 3 is 2.83 bits per heavy atom. The minimum absolute atomic E-state index is 0.141. The molecule has 0 aromatic heterocycles. The van der Waals surface area contributed by atoms with Crippen molar-refractivity contribution < 1.29 is 4.79 Å². The molecule has 0 aliphatic heterocycles. The minimum Gasteiger partial charge on any atom is -0.267 e. The van der Waals surface area contributed by atoms with Gasteiger partial charge < -0.3 is 0 Å². The molecule has 2 aliphatic carbocycles. The Labute approximate surface area is 115 Å². The Hall–Kier alpha value is -1.16. The highest BCUT2D eigenvalue weighted by Crippen LogP contribution is 2.42. The maximum absolute atomic E-state index is 12.0. The van der Waals surface area contributed by atoms with Gasteiger partial charge >= 0.3 is 0 Å². The molecule has 1 aromatic rings. The Bertz CT molecular complexity index is 512. The predicted molar refractivity (Wildman–Crippen MR) is 74.5 cm³/mol. The molecule has 18 heavy (non-hydrogen) atoms. The van der Waals surface area contributed by atoms with E-state index in [9.17, 15) is 4.79 Å². The van der Waals surface area contributed by atoms with E-state index >= 15 is 0 Å². The summed E-state index contributed by atoms with van der Waals surface area (Å²) < 4.78 is 0.802. The number of carbonyl (C=O) groups excluding carboxylic acids is 1. The van der Waals surface area contributed by atoms with Gasteiger partial charge in [-0.25, -0.2) is 5.43 Å². The van der Waals surface area contributed by atoms with Gasteiger partial charge in [0.05, 0.1) is 5.56 Å². The normalized spacial score (nSPS) is 27.7. The van der Waals surface area contributed by atoms with Crippen LogP contribution >= 0.6 is 15.9 Å². The fourth-order valence-corrected chi connectivity index (χ4v) is 3.46. The van der Waals surface area contributed by atoms with Gasteiger partial charge in [-0.2, -0.15) is 5.10 Å². The van der Waals surface area contributed by atoms with Gasteiger partial charge in [-0.3, -0.25) is 4.79 Å². The first-order chi connectivity index (χ1) is 8.74. The van der Waals surface area contributed by atoms with Gasteiger partial charge in [0, 0.05) is 10.2 Å². The fourth-order valence-electron chi connectivity index (χ4n) is 2.99. The number of hydrazone groups is 1. The number of halogens is 1. The monoisotopic (exact) mass is 306 g/mol. The van der Waals surface area contributed by atoms with Crippen molar-refractivity contribution in [3.63, 3.8) is 0 Å². The third-order valence-corrected chi connectivity index (χ3v) is 4.62. The van der Waals surface area contributed by atoms with E-state index in [1.807, 2.05) is 18.2 Å². The zero-order valence-electron chi connectivity index (χ0n) is 10.0. The van der Waals surface area contributed by atoms with Crippen LogP contribution in [0.4, 0.5) is 0 Å². The lowest BCUT2D eigenvalue weighted by atomic mass is 9.99. The first-order valence-corrected chi connectivity index (χ1v) is 7.14. The van der Waals surface area contributed by atoms with Crippen LogP contribution in [-0.4, -0.2) is 11.6 Å². The largest absolute Gasteiger partial charge is 0.272 e. The molecule has 0 heterocycles. The number of rotatable bonds is 2. The van der Waals surface area contributed by atoms with Crippen molar-refractivity contribution >= 4 is 27.5 Å². The molecule has 2 saturated carbocycles. The number of nitrogens with zero attached hydrogens (tertiary/aromatic N) is 1. The van der Waals surface area contributed by atoms with Crippen molar-refractivity contribution in [1.82, 2.24) is 5.43 Å². The molecule has 1 N–H and O–H groups in total. The van der Waals surface area contributed by atoms with Crippen LogP contribution in [0.1, 0.15) is 36.0 Å². The van der Waals surface area contributed by atoms with Gasteiger partial charge in [0.1, 0.15) is 0 Å². The van der Waals surface area contributed by atoms with E-state index in [1.165, 1.54) is 25.0 Å². The average Bonchev–Trinajstić information content (AvgIpc) is 2.98. The lowest BCUT2D eigenvalue weighted by molar-refractivity contribution is 0.0953. The SMILES string of the molecule is O=C(N/N=C1/C[C@H]2CC[C@@H]1C2)c1ccccc1Br. The molecule has 2 aliphatic rings. The van der Waals surface area contributed by atoms with Crippen LogP contribution in [0.15, 0.2) is 33.8 Å². The summed E-state index contributed by atoms with van der Waals surface area (Å²) >= 11 is 3.37. The molecule has 0 unspecified atom stereocenters.